The summed E-state index contributed by atoms with van der Waals surface area (Å²) in [5, 5.41) is 57.2. The van der Waals surface area contributed by atoms with E-state index >= 15 is 0 Å². The predicted molar refractivity (Wildman–Crippen MR) is 370 cm³/mol. The third kappa shape index (κ3) is 50.3. The SMILES string of the molecule is CC/C=C\C/C=C\C/C=C\C/C=C\C/C=C\C/C=C\CCCCCC(O)C(=O)NC(COC1OC(CO)C(O)C(O)C1OC(=O)CCCCCCCCCCCCCCCCC/C=C/CCCCCCCC)C(O)/C=C/CCCCCCCCCCCC. The summed E-state index contributed by atoms with van der Waals surface area (Å²) in [4.78, 5) is 26.7. The lowest BCUT2D eigenvalue weighted by atomic mass is 9.99. The van der Waals surface area contributed by atoms with Crippen molar-refractivity contribution in [1.82, 2.24) is 5.32 Å². The number of hydrogen-bond acceptors (Lipinski definition) is 10. The summed E-state index contributed by atoms with van der Waals surface area (Å²) in [5.41, 5.74) is 0. The van der Waals surface area contributed by atoms with Crippen LogP contribution in [0.3, 0.4) is 0 Å². The Morgan fingerprint density at radius 2 is 0.818 bits per heavy atom. The van der Waals surface area contributed by atoms with Gasteiger partial charge in [0.05, 0.1) is 25.4 Å². The van der Waals surface area contributed by atoms with Crippen LogP contribution in [0.15, 0.2) is 97.2 Å². The summed E-state index contributed by atoms with van der Waals surface area (Å²) in [7, 11) is 0. The van der Waals surface area contributed by atoms with Crippen molar-refractivity contribution in [3.63, 3.8) is 0 Å². The van der Waals surface area contributed by atoms with E-state index in [2.05, 4.69) is 111 Å². The molecule has 8 unspecified atom stereocenters. The second-order valence-corrected chi connectivity index (χ2v) is 24.9. The molecule has 8 atom stereocenters. The maximum absolute atomic E-state index is 13.5. The van der Waals surface area contributed by atoms with Gasteiger partial charge in [-0.2, -0.15) is 0 Å². The summed E-state index contributed by atoms with van der Waals surface area (Å²) < 4.78 is 17.7. The third-order valence-corrected chi connectivity index (χ3v) is 16.7. The number of amides is 1. The largest absolute Gasteiger partial charge is 0.454 e. The van der Waals surface area contributed by atoms with Crippen molar-refractivity contribution >= 4 is 11.9 Å². The lowest BCUT2D eigenvalue weighted by molar-refractivity contribution is -0.305. The number of aliphatic hydroxyl groups is 5. The van der Waals surface area contributed by atoms with Crippen molar-refractivity contribution in [3.8, 4) is 0 Å². The average molecular weight is 1230 g/mol. The highest BCUT2D eigenvalue weighted by Gasteiger charge is 2.47. The van der Waals surface area contributed by atoms with Crippen LogP contribution < -0.4 is 5.32 Å². The van der Waals surface area contributed by atoms with Crippen LogP contribution in [0.25, 0.3) is 0 Å². The number of allylic oxidation sites excluding steroid dienone is 15. The van der Waals surface area contributed by atoms with Crippen LogP contribution in [0.4, 0.5) is 0 Å². The average Bonchev–Trinajstić information content (AvgIpc) is 2.54. The third-order valence-electron chi connectivity index (χ3n) is 16.7. The Morgan fingerprint density at radius 1 is 0.455 bits per heavy atom. The molecule has 0 aromatic rings. The zero-order valence-electron chi connectivity index (χ0n) is 56.6. The molecule has 0 spiro atoms. The summed E-state index contributed by atoms with van der Waals surface area (Å²) in [6, 6.07) is -1.04. The van der Waals surface area contributed by atoms with Crippen LogP contribution in [0, 0.1) is 0 Å². The maximum Gasteiger partial charge on any atom is 0.306 e. The molecule has 1 aliphatic rings. The van der Waals surface area contributed by atoms with Gasteiger partial charge in [-0.25, -0.2) is 0 Å². The van der Waals surface area contributed by atoms with Crippen LogP contribution in [-0.2, 0) is 23.8 Å². The molecular formula is C77H135NO10. The number of esters is 1. The zero-order chi connectivity index (χ0) is 63.9. The van der Waals surface area contributed by atoms with E-state index in [1.807, 2.05) is 6.08 Å². The highest BCUT2D eigenvalue weighted by molar-refractivity contribution is 5.80. The molecule has 1 amide bonds. The van der Waals surface area contributed by atoms with Gasteiger partial charge in [0.1, 0.15) is 24.4 Å². The molecule has 508 valence electrons. The molecule has 0 aromatic heterocycles. The molecule has 88 heavy (non-hydrogen) atoms. The lowest BCUT2D eigenvalue weighted by Gasteiger charge is -2.41. The van der Waals surface area contributed by atoms with E-state index in [1.165, 1.54) is 173 Å². The van der Waals surface area contributed by atoms with Gasteiger partial charge in [-0.1, -0.05) is 304 Å². The molecule has 1 fully saturated rings. The molecule has 1 aliphatic heterocycles. The lowest BCUT2D eigenvalue weighted by Crippen LogP contribution is -2.61. The normalized spacial score (nSPS) is 18.8. The first-order chi connectivity index (χ1) is 43.2. The number of hydrogen-bond donors (Lipinski definition) is 6. The van der Waals surface area contributed by atoms with E-state index in [0.717, 1.165) is 96.3 Å². The van der Waals surface area contributed by atoms with E-state index in [0.29, 0.717) is 12.8 Å². The number of ether oxygens (including phenoxy) is 3. The Labute approximate surface area is 539 Å². The van der Waals surface area contributed by atoms with E-state index in [4.69, 9.17) is 14.2 Å². The Balaban J connectivity index is 2.58. The number of aliphatic hydroxyl groups excluding tert-OH is 5. The smallest absolute Gasteiger partial charge is 0.306 e. The number of carbonyl (C=O) groups is 2. The van der Waals surface area contributed by atoms with Crippen LogP contribution in [0.1, 0.15) is 316 Å². The first kappa shape index (κ1) is 82.6. The van der Waals surface area contributed by atoms with Crippen molar-refractivity contribution in [1.29, 1.82) is 0 Å². The number of unbranched alkanes of at least 4 members (excludes halogenated alkanes) is 34. The fraction of sp³-hybridized carbons (Fsp3) is 0.766. The van der Waals surface area contributed by atoms with Gasteiger partial charge in [0.25, 0.3) is 0 Å². The summed E-state index contributed by atoms with van der Waals surface area (Å²) >= 11 is 0. The van der Waals surface area contributed by atoms with Gasteiger partial charge in [0.15, 0.2) is 12.4 Å². The quantitative estimate of drug-likeness (QED) is 0.0195. The Kier molecular flexibility index (Phi) is 59.8. The first-order valence-corrected chi connectivity index (χ1v) is 36.5. The number of carbonyl (C=O) groups excluding carboxylic acids is 2. The van der Waals surface area contributed by atoms with E-state index in [1.54, 1.807) is 6.08 Å². The monoisotopic (exact) mass is 1230 g/mol. The van der Waals surface area contributed by atoms with Gasteiger partial charge in [0.2, 0.25) is 5.91 Å². The molecule has 1 heterocycles. The van der Waals surface area contributed by atoms with Gasteiger partial charge in [-0.3, -0.25) is 9.59 Å². The fourth-order valence-electron chi connectivity index (χ4n) is 11.0. The molecule has 11 heteroatoms. The predicted octanol–water partition coefficient (Wildman–Crippen LogP) is 19.0. The maximum atomic E-state index is 13.5. The molecule has 0 radical (unpaired) electrons. The standard InChI is InChI=1S/C77H135NO10/c1-4-7-10-13-16-19-22-25-27-29-31-33-35-36-37-39-41-43-45-47-50-53-56-59-62-65-72(82)88-75-74(84)73(83)71(66-79)87-77(75)86-67-68(69(80)63-60-57-54-51-48-24-21-18-15-12-9-6-3)78-76(85)70(81)64-61-58-55-52-49-46-44-42-40-38-34-32-30-28-26-23-20-17-14-11-8-5-2/h8,11,17,20,25-28,32,34,40,42,46,49,60,63,68-71,73-75,77,79-81,83-84H,4-7,9-10,12-16,18-19,21-24,29-31,33,35-39,41,43-45,47-48,50-59,61-62,64-67H2,1-3H3,(H,78,85)/b11-8-,20-17-,27-25+,28-26-,34-32-,42-40-,49-46-,63-60+. The van der Waals surface area contributed by atoms with Crippen LogP contribution >= 0.6 is 0 Å². The molecule has 1 saturated heterocycles. The highest BCUT2D eigenvalue weighted by Crippen LogP contribution is 2.26. The molecule has 1 rings (SSSR count). The molecule has 11 nitrogen and oxygen atoms in total. The molecule has 0 aromatic carbocycles. The second kappa shape index (κ2) is 63.7. The minimum Gasteiger partial charge on any atom is -0.454 e. The van der Waals surface area contributed by atoms with Gasteiger partial charge in [-0.15, -0.1) is 0 Å². The minimum absolute atomic E-state index is 0.119. The summed E-state index contributed by atoms with van der Waals surface area (Å²) in [5.74, 6) is -1.22. The Morgan fingerprint density at radius 3 is 1.24 bits per heavy atom. The van der Waals surface area contributed by atoms with Crippen LogP contribution in [-0.4, -0.2) is 99.6 Å². The second-order valence-electron chi connectivity index (χ2n) is 24.9. The molecule has 0 aliphatic carbocycles. The first-order valence-electron chi connectivity index (χ1n) is 36.5. The van der Waals surface area contributed by atoms with Crippen molar-refractivity contribution in [3.05, 3.63) is 97.2 Å². The van der Waals surface area contributed by atoms with Crippen molar-refractivity contribution in [2.24, 2.45) is 0 Å². The summed E-state index contributed by atoms with van der Waals surface area (Å²) in [6.45, 7) is 5.69. The van der Waals surface area contributed by atoms with Gasteiger partial charge in [-0.05, 0) is 103 Å². The molecular weight excluding hydrogens is 1100 g/mol. The van der Waals surface area contributed by atoms with Crippen LogP contribution in [0.2, 0.25) is 0 Å². The van der Waals surface area contributed by atoms with Gasteiger partial charge in [0, 0.05) is 6.42 Å². The van der Waals surface area contributed by atoms with Crippen molar-refractivity contribution in [2.45, 2.75) is 365 Å². The molecule has 0 bridgehead atoms. The van der Waals surface area contributed by atoms with E-state index in [9.17, 15) is 35.1 Å². The molecule has 0 saturated carbocycles. The number of nitrogens with one attached hydrogen (secondary N) is 1. The van der Waals surface area contributed by atoms with Gasteiger partial charge >= 0.3 is 5.97 Å². The van der Waals surface area contributed by atoms with Crippen LogP contribution in [0.5, 0.6) is 0 Å². The molecule has 6 N–H and O–H groups in total. The highest BCUT2D eigenvalue weighted by atomic mass is 16.7. The Bertz CT molecular complexity index is 1800. The Hall–Kier alpha value is -3.42. The fourth-order valence-corrected chi connectivity index (χ4v) is 11.0. The topological polar surface area (TPSA) is 175 Å². The number of rotatable bonds is 62. The van der Waals surface area contributed by atoms with Crippen molar-refractivity contribution in [2.75, 3.05) is 13.2 Å². The van der Waals surface area contributed by atoms with E-state index < -0.39 is 67.4 Å². The van der Waals surface area contributed by atoms with Crippen molar-refractivity contribution < 1.29 is 49.3 Å². The minimum atomic E-state index is -1.62. The van der Waals surface area contributed by atoms with E-state index in [-0.39, 0.29) is 19.4 Å². The van der Waals surface area contributed by atoms with Gasteiger partial charge < -0.3 is 45.1 Å². The zero-order valence-corrected chi connectivity index (χ0v) is 56.6. The summed E-state index contributed by atoms with van der Waals surface area (Å²) in [6.07, 6.45) is 75.9.